The summed E-state index contributed by atoms with van der Waals surface area (Å²) in [7, 11) is 1.44. The number of hydrogen-bond acceptors (Lipinski definition) is 6. The lowest BCUT2D eigenvalue weighted by Crippen LogP contribution is -2.50. The first-order valence-electron chi connectivity index (χ1n) is 5.88. The predicted molar refractivity (Wildman–Crippen MR) is 67.9 cm³/mol. The molecule has 1 heterocycles. The molecule has 1 rings (SSSR count). The van der Waals surface area contributed by atoms with E-state index in [0.717, 1.165) is 0 Å². The molecule has 0 aromatic rings. The average molecular weight is 272 g/mol. The second-order valence-corrected chi connectivity index (χ2v) is 4.09. The molecular weight excluding hydrogens is 252 g/mol. The van der Waals surface area contributed by atoms with Crippen LogP contribution in [0, 0.1) is 0 Å². The van der Waals surface area contributed by atoms with Crippen molar-refractivity contribution in [1.82, 2.24) is 0 Å². The molecule has 108 valence electrons. The van der Waals surface area contributed by atoms with Gasteiger partial charge in [-0.2, -0.15) is 0 Å². The standard InChI is InChI=1S/C13H20O6/c1-4-5-10(8(2)17-3)18-12-6-9(15)13(16)11(7-14)19-12/h4-5,9,11-16H,1-2,6-7H2,3H3/b10-5+. The molecule has 1 fully saturated rings. The van der Waals surface area contributed by atoms with Gasteiger partial charge in [-0.05, 0) is 6.08 Å². The highest BCUT2D eigenvalue weighted by molar-refractivity contribution is 5.21. The van der Waals surface area contributed by atoms with E-state index in [2.05, 4.69) is 13.2 Å². The van der Waals surface area contributed by atoms with E-state index in [1.807, 2.05) is 0 Å². The van der Waals surface area contributed by atoms with Crippen LogP contribution in [0.15, 0.2) is 36.8 Å². The quantitative estimate of drug-likeness (QED) is 0.468. The first kappa shape index (κ1) is 15.7. The van der Waals surface area contributed by atoms with Crippen molar-refractivity contribution in [1.29, 1.82) is 0 Å². The molecule has 0 radical (unpaired) electrons. The molecular formula is C13H20O6. The first-order valence-corrected chi connectivity index (χ1v) is 5.88. The van der Waals surface area contributed by atoms with Crippen molar-refractivity contribution in [2.45, 2.75) is 31.0 Å². The summed E-state index contributed by atoms with van der Waals surface area (Å²) in [5.74, 6) is 0.590. The average Bonchev–Trinajstić information content (AvgIpc) is 2.41. The van der Waals surface area contributed by atoms with Crippen LogP contribution < -0.4 is 0 Å². The Bertz CT molecular complexity index is 351. The van der Waals surface area contributed by atoms with Crippen LogP contribution >= 0.6 is 0 Å². The van der Waals surface area contributed by atoms with E-state index in [4.69, 9.17) is 19.3 Å². The van der Waals surface area contributed by atoms with Crippen molar-refractivity contribution in [2.75, 3.05) is 13.7 Å². The van der Waals surface area contributed by atoms with Gasteiger partial charge >= 0.3 is 0 Å². The molecule has 4 unspecified atom stereocenters. The molecule has 6 heteroatoms. The minimum atomic E-state index is -1.14. The highest BCUT2D eigenvalue weighted by atomic mass is 16.7. The van der Waals surface area contributed by atoms with Crippen LogP contribution in [0.5, 0.6) is 0 Å². The van der Waals surface area contributed by atoms with E-state index < -0.39 is 31.2 Å². The molecule has 0 saturated carbocycles. The number of rotatable bonds is 6. The predicted octanol–water partition coefficient (Wildman–Crippen LogP) is 0.0621. The summed E-state index contributed by atoms with van der Waals surface area (Å²) < 4.78 is 15.8. The van der Waals surface area contributed by atoms with Gasteiger partial charge in [-0.25, -0.2) is 0 Å². The number of methoxy groups -OCH3 is 1. The largest absolute Gasteiger partial charge is 0.493 e. The normalized spacial score (nSPS) is 31.7. The van der Waals surface area contributed by atoms with Gasteiger partial charge in [0.05, 0.1) is 19.8 Å². The van der Waals surface area contributed by atoms with Crippen LogP contribution in [-0.4, -0.2) is 53.6 Å². The highest BCUT2D eigenvalue weighted by Crippen LogP contribution is 2.24. The van der Waals surface area contributed by atoms with Gasteiger partial charge in [0.15, 0.2) is 11.5 Å². The summed E-state index contributed by atoms with van der Waals surface area (Å²) in [5.41, 5.74) is 0. The Morgan fingerprint density at radius 2 is 2.16 bits per heavy atom. The Labute approximate surface area is 112 Å². The number of aliphatic hydroxyl groups is 3. The van der Waals surface area contributed by atoms with E-state index in [1.165, 1.54) is 13.2 Å². The first-order chi connectivity index (χ1) is 9.03. The fraction of sp³-hybridized carbons (Fsp3) is 0.538. The summed E-state index contributed by atoms with van der Waals surface area (Å²) in [5, 5.41) is 28.3. The van der Waals surface area contributed by atoms with Crippen LogP contribution in [0.4, 0.5) is 0 Å². The molecule has 0 amide bonds. The minimum Gasteiger partial charge on any atom is -0.493 e. The zero-order valence-electron chi connectivity index (χ0n) is 10.9. The van der Waals surface area contributed by atoms with Crippen LogP contribution in [0.2, 0.25) is 0 Å². The second kappa shape index (κ2) is 7.30. The highest BCUT2D eigenvalue weighted by Gasteiger charge is 2.37. The Hall–Kier alpha value is -1.34. The van der Waals surface area contributed by atoms with Crippen LogP contribution in [-0.2, 0) is 14.2 Å². The van der Waals surface area contributed by atoms with Crippen molar-refractivity contribution in [3.05, 3.63) is 36.8 Å². The lowest BCUT2D eigenvalue weighted by Gasteiger charge is -2.36. The summed E-state index contributed by atoms with van der Waals surface area (Å²) >= 11 is 0. The Balaban J connectivity index is 2.72. The molecule has 1 aliphatic heterocycles. The number of allylic oxidation sites excluding steroid dienone is 2. The van der Waals surface area contributed by atoms with Crippen molar-refractivity contribution in [2.24, 2.45) is 0 Å². The zero-order valence-corrected chi connectivity index (χ0v) is 10.9. The molecule has 0 aliphatic carbocycles. The van der Waals surface area contributed by atoms with E-state index in [-0.39, 0.29) is 12.2 Å². The van der Waals surface area contributed by atoms with Gasteiger partial charge in [0.25, 0.3) is 0 Å². The Morgan fingerprint density at radius 1 is 1.47 bits per heavy atom. The van der Waals surface area contributed by atoms with E-state index in [0.29, 0.717) is 5.76 Å². The molecule has 19 heavy (non-hydrogen) atoms. The van der Waals surface area contributed by atoms with Gasteiger partial charge in [-0.3, -0.25) is 0 Å². The van der Waals surface area contributed by atoms with Crippen LogP contribution in [0.1, 0.15) is 6.42 Å². The molecule has 0 aromatic carbocycles. The Morgan fingerprint density at radius 3 is 2.68 bits per heavy atom. The van der Waals surface area contributed by atoms with E-state index in [1.54, 1.807) is 6.08 Å². The Kier molecular flexibility index (Phi) is 6.04. The zero-order chi connectivity index (χ0) is 14.4. The number of aliphatic hydroxyl groups excluding tert-OH is 3. The summed E-state index contributed by atoms with van der Waals surface area (Å²) in [4.78, 5) is 0. The summed E-state index contributed by atoms with van der Waals surface area (Å²) in [6, 6.07) is 0. The summed E-state index contributed by atoms with van der Waals surface area (Å²) in [6.45, 7) is 6.78. The molecule has 1 aliphatic rings. The van der Waals surface area contributed by atoms with E-state index in [9.17, 15) is 10.2 Å². The number of hydrogen-bond donors (Lipinski definition) is 3. The van der Waals surface area contributed by atoms with Gasteiger partial charge in [-0.1, -0.05) is 19.2 Å². The van der Waals surface area contributed by atoms with Crippen molar-refractivity contribution < 1.29 is 29.5 Å². The molecule has 6 nitrogen and oxygen atoms in total. The van der Waals surface area contributed by atoms with Gasteiger partial charge in [0.2, 0.25) is 6.29 Å². The van der Waals surface area contributed by atoms with Gasteiger partial charge in [-0.15, -0.1) is 0 Å². The van der Waals surface area contributed by atoms with Gasteiger partial charge in [0, 0.05) is 6.42 Å². The van der Waals surface area contributed by atoms with E-state index >= 15 is 0 Å². The maximum atomic E-state index is 9.67. The minimum absolute atomic E-state index is 0.0726. The lowest BCUT2D eigenvalue weighted by atomic mass is 10.0. The fourth-order valence-electron chi connectivity index (χ4n) is 1.69. The van der Waals surface area contributed by atoms with Crippen molar-refractivity contribution >= 4 is 0 Å². The third-order valence-electron chi connectivity index (χ3n) is 2.76. The molecule has 0 aromatic heterocycles. The topological polar surface area (TPSA) is 88.4 Å². The molecule has 0 bridgehead atoms. The molecule has 1 saturated heterocycles. The van der Waals surface area contributed by atoms with Gasteiger partial charge < -0.3 is 29.5 Å². The van der Waals surface area contributed by atoms with Crippen LogP contribution in [0.3, 0.4) is 0 Å². The number of ether oxygens (including phenoxy) is 3. The van der Waals surface area contributed by atoms with Crippen molar-refractivity contribution in [3.8, 4) is 0 Å². The molecule has 0 spiro atoms. The maximum absolute atomic E-state index is 9.67. The fourth-order valence-corrected chi connectivity index (χ4v) is 1.69. The lowest BCUT2D eigenvalue weighted by molar-refractivity contribution is -0.245. The monoisotopic (exact) mass is 272 g/mol. The SMILES string of the molecule is C=C/C=C(/OC1CC(O)C(O)C(CO)O1)C(=C)OC. The third kappa shape index (κ3) is 4.07. The van der Waals surface area contributed by atoms with Crippen molar-refractivity contribution in [3.63, 3.8) is 0 Å². The smallest absolute Gasteiger partial charge is 0.203 e. The van der Waals surface area contributed by atoms with Crippen LogP contribution in [0.25, 0.3) is 0 Å². The molecule has 4 atom stereocenters. The van der Waals surface area contributed by atoms with Gasteiger partial charge in [0.1, 0.15) is 12.2 Å². The molecule has 3 N–H and O–H groups in total. The summed E-state index contributed by atoms with van der Waals surface area (Å²) in [6.07, 6.45) is -0.761. The third-order valence-corrected chi connectivity index (χ3v) is 2.76. The second-order valence-electron chi connectivity index (χ2n) is 4.09. The maximum Gasteiger partial charge on any atom is 0.203 e.